The van der Waals surface area contributed by atoms with Crippen LogP contribution in [0.1, 0.15) is 37.4 Å². The molecule has 1 aromatic heterocycles. The lowest BCUT2D eigenvalue weighted by Gasteiger charge is -2.13. The molecule has 0 bridgehead atoms. The maximum Gasteiger partial charge on any atom is 0.213 e. The third-order valence-electron chi connectivity index (χ3n) is 3.20. The van der Waals surface area contributed by atoms with E-state index < -0.39 is 0 Å². The SMILES string of the molecule is CC(C)c1cc(CN)cc(OCC2CCOC2)n1. The average molecular weight is 250 g/mol. The molecular formula is C14H22N2O2. The van der Waals surface area contributed by atoms with E-state index in [4.69, 9.17) is 15.2 Å². The second-order valence-electron chi connectivity index (χ2n) is 5.14. The van der Waals surface area contributed by atoms with Gasteiger partial charge >= 0.3 is 0 Å². The van der Waals surface area contributed by atoms with E-state index in [9.17, 15) is 0 Å². The van der Waals surface area contributed by atoms with Crippen molar-refractivity contribution < 1.29 is 9.47 Å². The predicted molar refractivity (Wildman–Crippen MR) is 70.6 cm³/mol. The first-order chi connectivity index (χ1) is 8.69. The zero-order valence-corrected chi connectivity index (χ0v) is 11.2. The highest BCUT2D eigenvalue weighted by molar-refractivity contribution is 5.26. The van der Waals surface area contributed by atoms with Crippen LogP contribution in [0.3, 0.4) is 0 Å². The highest BCUT2D eigenvalue weighted by Gasteiger charge is 2.16. The molecule has 0 aromatic carbocycles. The fourth-order valence-electron chi connectivity index (χ4n) is 1.99. The molecule has 4 heteroatoms. The van der Waals surface area contributed by atoms with Crippen molar-refractivity contribution in [2.45, 2.75) is 32.7 Å². The minimum absolute atomic E-state index is 0.383. The first kappa shape index (κ1) is 13.3. The van der Waals surface area contributed by atoms with E-state index in [2.05, 4.69) is 24.9 Å². The van der Waals surface area contributed by atoms with Crippen molar-refractivity contribution in [1.29, 1.82) is 0 Å². The molecule has 18 heavy (non-hydrogen) atoms. The largest absolute Gasteiger partial charge is 0.477 e. The van der Waals surface area contributed by atoms with Gasteiger partial charge in [0.15, 0.2) is 0 Å². The Hall–Kier alpha value is -1.13. The van der Waals surface area contributed by atoms with Crippen LogP contribution in [0, 0.1) is 5.92 Å². The van der Waals surface area contributed by atoms with Gasteiger partial charge in [-0.05, 0) is 24.0 Å². The third-order valence-corrected chi connectivity index (χ3v) is 3.20. The van der Waals surface area contributed by atoms with Gasteiger partial charge in [0.05, 0.1) is 13.2 Å². The lowest BCUT2D eigenvalue weighted by Crippen LogP contribution is -2.13. The lowest BCUT2D eigenvalue weighted by atomic mass is 10.1. The van der Waals surface area contributed by atoms with E-state index in [-0.39, 0.29) is 0 Å². The van der Waals surface area contributed by atoms with E-state index in [0.29, 0.717) is 30.9 Å². The predicted octanol–water partition coefficient (Wildman–Crippen LogP) is 2.08. The van der Waals surface area contributed by atoms with E-state index in [0.717, 1.165) is 30.9 Å². The van der Waals surface area contributed by atoms with Crippen LogP contribution in [0.2, 0.25) is 0 Å². The fourth-order valence-corrected chi connectivity index (χ4v) is 1.99. The lowest BCUT2D eigenvalue weighted by molar-refractivity contribution is 0.165. The Morgan fingerprint density at radius 1 is 1.50 bits per heavy atom. The molecule has 0 spiro atoms. The smallest absolute Gasteiger partial charge is 0.213 e. The summed E-state index contributed by atoms with van der Waals surface area (Å²) >= 11 is 0. The van der Waals surface area contributed by atoms with Crippen molar-refractivity contribution in [3.05, 3.63) is 23.4 Å². The van der Waals surface area contributed by atoms with Gasteiger partial charge < -0.3 is 15.2 Å². The summed E-state index contributed by atoms with van der Waals surface area (Å²) < 4.78 is 11.1. The van der Waals surface area contributed by atoms with E-state index in [1.54, 1.807) is 0 Å². The summed E-state index contributed by atoms with van der Waals surface area (Å²) in [5, 5.41) is 0. The van der Waals surface area contributed by atoms with Gasteiger partial charge in [-0.3, -0.25) is 0 Å². The molecule has 0 radical (unpaired) electrons. The Bertz CT molecular complexity index is 387. The van der Waals surface area contributed by atoms with Crippen molar-refractivity contribution in [3.8, 4) is 5.88 Å². The molecule has 1 aromatic rings. The molecule has 0 amide bonds. The number of pyridine rings is 1. The van der Waals surface area contributed by atoms with Gasteiger partial charge in [0.25, 0.3) is 0 Å². The van der Waals surface area contributed by atoms with Crippen LogP contribution >= 0.6 is 0 Å². The number of aromatic nitrogens is 1. The highest BCUT2D eigenvalue weighted by Crippen LogP contribution is 2.20. The minimum Gasteiger partial charge on any atom is -0.477 e. The Kier molecular flexibility index (Phi) is 4.55. The van der Waals surface area contributed by atoms with Gasteiger partial charge in [-0.2, -0.15) is 0 Å². The Morgan fingerprint density at radius 2 is 2.33 bits per heavy atom. The molecular weight excluding hydrogens is 228 g/mol. The molecule has 2 rings (SSSR count). The van der Waals surface area contributed by atoms with Crippen LogP contribution in [-0.4, -0.2) is 24.8 Å². The zero-order chi connectivity index (χ0) is 13.0. The molecule has 1 saturated heterocycles. The topological polar surface area (TPSA) is 57.4 Å². The third kappa shape index (κ3) is 3.43. The molecule has 2 N–H and O–H groups in total. The Morgan fingerprint density at radius 3 is 2.94 bits per heavy atom. The first-order valence-corrected chi connectivity index (χ1v) is 6.60. The van der Waals surface area contributed by atoms with Gasteiger partial charge in [0, 0.05) is 30.8 Å². The molecule has 0 saturated carbocycles. The average Bonchev–Trinajstić information content (AvgIpc) is 2.89. The van der Waals surface area contributed by atoms with E-state index >= 15 is 0 Å². The van der Waals surface area contributed by atoms with Crippen molar-refractivity contribution in [1.82, 2.24) is 4.98 Å². The molecule has 2 heterocycles. The number of hydrogen-bond acceptors (Lipinski definition) is 4. The van der Waals surface area contributed by atoms with Gasteiger partial charge in [-0.25, -0.2) is 4.98 Å². The monoisotopic (exact) mass is 250 g/mol. The summed E-state index contributed by atoms with van der Waals surface area (Å²) in [6.45, 7) is 7.09. The van der Waals surface area contributed by atoms with Crippen molar-refractivity contribution in [2.75, 3.05) is 19.8 Å². The Labute approximate surface area is 108 Å². The van der Waals surface area contributed by atoms with Crippen molar-refractivity contribution >= 4 is 0 Å². The van der Waals surface area contributed by atoms with Crippen LogP contribution in [0.4, 0.5) is 0 Å². The number of nitrogens with zero attached hydrogens (tertiary/aromatic N) is 1. The molecule has 1 atom stereocenters. The number of rotatable bonds is 5. The summed E-state index contributed by atoms with van der Waals surface area (Å²) in [6.07, 6.45) is 1.08. The van der Waals surface area contributed by atoms with Crippen LogP contribution in [0.25, 0.3) is 0 Å². The van der Waals surface area contributed by atoms with Crippen LogP contribution in [0.5, 0.6) is 5.88 Å². The molecule has 1 unspecified atom stereocenters. The maximum absolute atomic E-state index is 5.78. The van der Waals surface area contributed by atoms with Crippen LogP contribution in [0.15, 0.2) is 12.1 Å². The summed E-state index contributed by atoms with van der Waals surface area (Å²) in [7, 11) is 0. The highest BCUT2D eigenvalue weighted by atomic mass is 16.5. The second-order valence-corrected chi connectivity index (χ2v) is 5.14. The number of hydrogen-bond donors (Lipinski definition) is 1. The quantitative estimate of drug-likeness (QED) is 0.869. The standard InChI is InChI=1S/C14H22N2O2/c1-10(2)13-5-12(7-15)6-14(16-13)18-9-11-3-4-17-8-11/h5-6,10-11H,3-4,7-9,15H2,1-2H3. The van der Waals surface area contributed by atoms with Gasteiger partial charge in [0.1, 0.15) is 0 Å². The molecule has 4 nitrogen and oxygen atoms in total. The van der Waals surface area contributed by atoms with E-state index in [1.165, 1.54) is 0 Å². The van der Waals surface area contributed by atoms with Crippen LogP contribution in [-0.2, 0) is 11.3 Å². The summed E-state index contributed by atoms with van der Waals surface area (Å²) in [4.78, 5) is 4.52. The number of ether oxygens (including phenoxy) is 2. The second kappa shape index (κ2) is 6.16. The van der Waals surface area contributed by atoms with Crippen molar-refractivity contribution in [3.63, 3.8) is 0 Å². The molecule has 1 aliphatic rings. The summed E-state index contributed by atoms with van der Waals surface area (Å²) in [5.41, 5.74) is 7.82. The summed E-state index contributed by atoms with van der Waals surface area (Å²) in [6, 6.07) is 3.98. The summed E-state index contributed by atoms with van der Waals surface area (Å²) in [5.74, 6) is 1.57. The minimum atomic E-state index is 0.383. The Balaban J connectivity index is 2.03. The zero-order valence-electron chi connectivity index (χ0n) is 11.2. The molecule has 1 fully saturated rings. The maximum atomic E-state index is 5.78. The molecule has 0 aliphatic carbocycles. The van der Waals surface area contributed by atoms with Gasteiger partial charge in [-0.1, -0.05) is 13.8 Å². The first-order valence-electron chi connectivity index (χ1n) is 6.60. The fraction of sp³-hybridized carbons (Fsp3) is 0.643. The molecule has 1 aliphatic heterocycles. The molecule has 100 valence electrons. The van der Waals surface area contributed by atoms with E-state index in [1.807, 2.05) is 6.07 Å². The van der Waals surface area contributed by atoms with Crippen LogP contribution < -0.4 is 10.5 Å². The van der Waals surface area contributed by atoms with Crippen molar-refractivity contribution in [2.24, 2.45) is 11.7 Å². The van der Waals surface area contributed by atoms with Gasteiger partial charge in [0.2, 0.25) is 5.88 Å². The normalized spacial score (nSPS) is 19.4. The number of nitrogens with two attached hydrogens (primary N) is 1. The van der Waals surface area contributed by atoms with Gasteiger partial charge in [-0.15, -0.1) is 0 Å².